The molecule has 0 radical (unpaired) electrons. The molecule has 0 amide bonds. The summed E-state index contributed by atoms with van der Waals surface area (Å²) in [5.74, 6) is 0.164. The molecule has 1 aliphatic rings. The van der Waals surface area contributed by atoms with Crippen molar-refractivity contribution in [3.05, 3.63) is 59.5 Å². The highest BCUT2D eigenvalue weighted by Crippen LogP contribution is 2.33. The van der Waals surface area contributed by atoms with Gasteiger partial charge in [-0.3, -0.25) is 4.90 Å². The molecule has 0 N–H and O–H groups in total. The van der Waals surface area contributed by atoms with E-state index in [-0.39, 0.29) is 30.3 Å². The fraction of sp³-hybridized carbons (Fsp3) is 0.519. The average molecular weight is 517 g/mol. The van der Waals surface area contributed by atoms with Gasteiger partial charge in [-0.2, -0.15) is 9.40 Å². The van der Waals surface area contributed by atoms with Crippen LogP contribution in [0.15, 0.2) is 42.6 Å². The van der Waals surface area contributed by atoms with Gasteiger partial charge in [-0.25, -0.2) is 17.5 Å². The maximum Gasteiger partial charge on any atom is 0.216 e. The van der Waals surface area contributed by atoms with E-state index in [0.717, 1.165) is 34.3 Å². The number of halogens is 1. The normalized spacial score (nSPS) is 18.1. The molecule has 7 nitrogen and oxygen atoms in total. The Morgan fingerprint density at radius 2 is 1.83 bits per heavy atom. The molecule has 2 heterocycles. The Balaban J connectivity index is 1.66. The zero-order valence-corrected chi connectivity index (χ0v) is 22.6. The van der Waals surface area contributed by atoms with E-state index in [0.29, 0.717) is 25.6 Å². The summed E-state index contributed by atoms with van der Waals surface area (Å²) in [5, 5.41) is 5.52. The SMILES string of the molecule is Cc1cc2c(cnn2-c2ccc(F)cc2)cc1C1CN(S(=O)(=O)CCOC(C)C)CCN1CC(C)C. The third-order valence-corrected chi connectivity index (χ3v) is 8.43. The number of benzene rings is 2. The molecule has 1 aromatic heterocycles. The lowest BCUT2D eigenvalue weighted by Crippen LogP contribution is -2.52. The number of ether oxygens (including phenoxy) is 1. The number of nitrogens with zero attached hydrogens (tertiary/aromatic N) is 4. The highest BCUT2D eigenvalue weighted by atomic mass is 32.2. The van der Waals surface area contributed by atoms with Crippen molar-refractivity contribution in [3.8, 4) is 5.69 Å². The smallest absolute Gasteiger partial charge is 0.216 e. The van der Waals surface area contributed by atoms with E-state index in [1.54, 1.807) is 16.4 Å². The number of fused-ring (bicyclic) bond motifs is 1. The number of sulfonamides is 1. The first-order chi connectivity index (χ1) is 17.0. The van der Waals surface area contributed by atoms with Crippen LogP contribution in [-0.2, 0) is 14.8 Å². The zero-order valence-electron chi connectivity index (χ0n) is 21.8. The van der Waals surface area contributed by atoms with Crippen LogP contribution in [0.3, 0.4) is 0 Å². The van der Waals surface area contributed by atoms with Crippen LogP contribution in [0.4, 0.5) is 4.39 Å². The maximum absolute atomic E-state index is 13.4. The third kappa shape index (κ3) is 5.96. The topological polar surface area (TPSA) is 67.7 Å². The number of hydrogen-bond donors (Lipinski definition) is 0. The van der Waals surface area contributed by atoms with E-state index >= 15 is 0 Å². The fourth-order valence-electron chi connectivity index (χ4n) is 4.89. The molecule has 3 aromatic rings. The number of rotatable bonds is 9. The molecule has 0 aliphatic carbocycles. The van der Waals surface area contributed by atoms with Gasteiger partial charge in [-0.15, -0.1) is 0 Å². The summed E-state index contributed by atoms with van der Waals surface area (Å²) in [6.07, 6.45) is 1.82. The van der Waals surface area contributed by atoms with Crippen molar-refractivity contribution < 1.29 is 17.5 Å². The summed E-state index contributed by atoms with van der Waals surface area (Å²) >= 11 is 0. The molecule has 2 aromatic carbocycles. The van der Waals surface area contributed by atoms with E-state index in [9.17, 15) is 12.8 Å². The lowest BCUT2D eigenvalue weighted by atomic mass is 9.96. The van der Waals surface area contributed by atoms with Crippen molar-refractivity contribution in [1.82, 2.24) is 19.0 Å². The molecule has 1 atom stereocenters. The molecule has 1 saturated heterocycles. The first-order valence-corrected chi connectivity index (χ1v) is 14.2. The second-order valence-electron chi connectivity index (χ2n) is 10.3. The van der Waals surface area contributed by atoms with Crippen LogP contribution < -0.4 is 0 Å². The fourth-order valence-corrected chi connectivity index (χ4v) is 6.19. The molecule has 1 unspecified atom stereocenters. The van der Waals surface area contributed by atoms with Gasteiger partial charge < -0.3 is 4.74 Å². The molecule has 4 rings (SSSR count). The van der Waals surface area contributed by atoms with Crippen LogP contribution in [0.25, 0.3) is 16.6 Å². The molecule has 0 saturated carbocycles. The molecular weight excluding hydrogens is 479 g/mol. The average Bonchev–Trinajstić information content (AvgIpc) is 3.21. The Morgan fingerprint density at radius 1 is 1.11 bits per heavy atom. The number of aryl methyl sites for hydroxylation is 1. The van der Waals surface area contributed by atoms with E-state index < -0.39 is 10.0 Å². The van der Waals surface area contributed by atoms with Crippen molar-refractivity contribution in [2.24, 2.45) is 5.92 Å². The molecule has 9 heteroatoms. The van der Waals surface area contributed by atoms with E-state index in [4.69, 9.17) is 4.74 Å². The molecule has 36 heavy (non-hydrogen) atoms. The van der Waals surface area contributed by atoms with Gasteiger partial charge in [0.25, 0.3) is 0 Å². The lowest BCUT2D eigenvalue weighted by molar-refractivity contribution is 0.0875. The van der Waals surface area contributed by atoms with Gasteiger partial charge >= 0.3 is 0 Å². The van der Waals surface area contributed by atoms with Crippen LogP contribution in [0.2, 0.25) is 0 Å². The molecule has 0 bridgehead atoms. The first kappa shape index (κ1) is 26.7. The lowest BCUT2D eigenvalue weighted by Gasteiger charge is -2.42. The standard InChI is InChI=1S/C27H37FN4O3S/c1-19(2)17-30-10-11-31(36(33,34)13-12-35-20(3)4)18-27(30)25-15-22-16-29-32(26(22)14-21(25)5)24-8-6-23(28)7-9-24/h6-9,14-16,19-20,27H,10-13,17-18H2,1-5H3. The van der Waals surface area contributed by atoms with Crippen molar-refractivity contribution in [2.75, 3.05) is 38.5 Å². The number of piperazine rings is 1. The van der Waals surface area contributed by atoms with Crippen LogP contribution in [0.1, 0.15) is 44.9 Å². The molecule has 1 aliphatic heterocycles. The van der Waals surface area contributed by atoms with E-state index in [2.05, 4.69) is 42.9 Å². The monoisotopic (exact) mass is 516 g/mol. The highest BCUT2D eigenvalue weighted by Gasteiger charge is 2.35. The predicted molar refractivity (Wildman–Crippen MR) is 141 cm³/mol. The number of hydrogen-bond acceptors (Lipinski definition) is 5. The Hall–Kier alpha value is -2.33. The first-order valence-electron chi connectivity index (χ1n) is 12.6. The molecule has 0 spiro atoms. The van der Waals surface area contributed by atoms with Crippen molar-refractivity contribution in [2.45, 2.75) is 46.8 Å². The highest BCUT2D eigenvalue weighted by molar-refractivity contribution is 7.89. The summed E-state index contributed by atoms with van der Waals surface area (Å²) in [7, 11) is -3.43. The van der Waals surface area contributed by atoms with Crippen molar-refractivity contribution in [1.29, 1.82) is 0 Å². The maximum atomic E-state index is 13.4. The molecule has 196 valence electrons. The Kier molecular flexibility index (Phi) is 8.14. The minimum atomic E-state index is -3.43. The van der Waals surface area contributed by atoms with Gasteiger partial charge in [0.05, 0.1) is 35.9 Å². The van der Waals surface area contributed by atoms with Gasteiger partial charge in [-0.05, 0) is 74.2 Å². The second kappa shape index (κ2) is 11.0. The summed E-state index contributed by atoms with van der Waals surface area (Å²) in [6, 6.07) is 10.4. The van der Waals surface area contributed by atoms with Crippen LogP contribution >= 0.6 is 0 Å². The zero-order chi connectivity index (χ0) is 26.0. The number of aromatic nitrogens is 2. The van der Waals surface area contributed by atoms with Gasteiger partial charge in [-0.1, -0.05) is 13.8 Å². The minimum absolute atomic E-state index is 0.000963. The van der Waals surface area contributed by atoms with Gasteiger partial charge in [0.1, 0.15) is 5.82 Å². The largest absolute Gasteiger partial charge is 0.378 e. The Bertz CT molecular complexity index is 1290. The summed E-state index contributed by atoms with van der Waals surface area (Å²) in [4.78, 5) is 2.40. The minimum Gasteiger partial charge on any atom is -0.378 e. The van der Waals surface area contributed by atoms with Gasteiger partial charge in [0, 0.05) is 37.6 Å². The van der Waals surface area contributed by atoms with Crippen LogP contribution in [0, 0.1) is 18.7 Å². The predicted octanol–water partition coefficient (Wildman–Crippen LogP) is 4.54. The van der Waals surface area contributed by atoms with Gasteiger partial charge in [0.15, 0.2) is 0 Å². The van der Waals surface area contributed by atoms with Gasteiger partial charge in [0.2, 0.25) is 10.0 Å². The molecular formula is C27H37FN4O3S. The van der Waals surface area contributed by atoms with Crippen molar-refractivity contribution in [3.63, 3.8) is 0 Å². The molecule has 1 fully saturated rings. The quantitative estimate of drug-likeness (QED) is 0.418. The summed E-state index contributed by atoms with van der Waals surface area (Å²) < 4.78 is 48.7. The summed E-state index contributed by atoms with van der Waals surface area (Å²) in [6.45, 7) is 12.9. The summed E-state index contributed by atoms with van der Waals surface area (Å²) in [5.41, 5.74) is 3.91. The van der Waals surface area contributed by atoms with Crippen LogP contribution in [0.5, 0.6) is 0 Å². The van der Waals surface area contributed by atoms with E-state index in [1.807, 2.05) is 24.7 Å². The Morgan fingerprint density at radius 3 is 2.50 bits per heavy atom. The van der Waals surface area contributed by atoms with Crippen LogP contribution in [-0.4, -0.2) is 72.0 Å². The van der Waals surface area contributed by atoms with E-state index in [1.165, 1.54) is 12.1 Å². The Labute approximate surface area is 213 Å². The third-order valence-electron chi connectivity index (χ3n) is 6.63. The second-order valence-corrected chi connectivity index (χ2v) is 12.4. The van der Waals surface area contributed by atoms with Crippen molar-refractivity contribution >= 4 is 20.9 Å².